The Kier molecular flexibility index (Phi) is 4.60. The first kappa shape index (κ1) is 12.6. The minimum Gasteiger partial charge on any atom is -0.337 e. The Balaban J connectivity index is 1.67. The van der Waals surface area contributed by atoms with E-state index < -0.39 is 0 Å². The SMILES string of the molecule is CC1CCCC(C)C1NCCCn1ccnc1. The van der Waals surface area contributed by atoms with Crippen molar-refractivity contribution >= 4 is 0 Å². The van der Waals surface area contributed by atoms with Crippen molar-refractivity contribution < 1.29 is 0 Å². The topological polar surface area (TPSA) is 29.9 Å². The van der Waals surface area contributed by atoms with Crippen LogP contribution in [-0.2, 0) is 6.54 Å². The van der Waals surface area contributed by atoms with E-state index in [0.717, 1.165) is 31.0 Å². The molecule has 1 heterocycles. The average molecular weight is 235 g/mol. The summed E-state index contributed by atoms with van der Waals surface area (Å²) in [6.07, 6.45) is 11.2. The zero-order valence-corrected chi connectivity index (χ0v) is 11.1. The fraction of sp³-hybridized carbons (Fsp3) is 0.786. The van der Waals surface area contributed by atoms with Crippen molar-refractivity contribution in [2.75, 3.05) is 6.54 Å². The zero-order chi connectivity index (χ0) is 12.1. The first-order valence-corrected chi connectivity index (χ1v) is 6.96. The average Bonchev–Trinajstić information content (AvgIpc) is 2.80. The van der Waals surface area contributed by atoms with Crippen molar-refractivity contribution in [3.63, 3.8) is 0 Å². The van der Waals surface area contributed by atoms with Crippen LogP contribution < -0.4 is 5.32 Å². The Morgan fingerprint density at radius 3 is 2.71 bits per heavy atom. The van der Waals surface area contributed by atoms with E-state index in [1.807, 2.05) is 18.7 Å². The lowest BCUT2D eigenvalue weighted by molar-refractivity contribution is 0.208. The third-order valence-electron chi connectivity index (χ3n) is 4.08. The molecule has 1 aliphatic carbocycles. The van der Waals surface area contributed by atoms with Crippen LogP contribution in [0.1, 0.15) is 39.5 Å². The summed E-state index contributed by atoms with van der Waals surface area (Å²) >= 11 is 0. The van der Waals surface area contributed by atoms with Crippen molar-refractivity contribution in [1.82, 2.24) is 14.9 Å². The molecular formula is C14H25N3. The molecule has 1 aromatic heterocycles. The molecule has 3 nitrogen and oxygen atoms in total. The molecule has 1 fully saturated rings. The second-order valence-corrected chi connectivity index (χ2v) is 5.52. The van der Waals surface area contributed by atoms with Crippen LogP contribution in [-0.4, -0.2) is 22.1 Å². The van der Waals surface area contributed by atoms with Crippen LogP contribution in [0.2, 0.25) is 0 Å². The van der Waals surface area contributed by atoms with Crippen LogP contribution in [0.3, 0.4) is 0 Å². The van der Waals surface area contributed by atoms with Gasteiger partial charge in [-0.3, -0.25) is 0 Å². The van der Waals surface area contributed by atoms with E-state index in [9.17, 15) is 0 Å². The minimum atomic E-state index is 0.728. The zero-order valence-electron chi connectivity index (χ0n) is 11.1. The van der Waals surface area contributed by atoms with E-state index in [2.05, 4.69) is 28.7 Å². The van der Waals surface area contributed by atoms with Gasteiger partial charge in [0.25, 0.3) is 0 Å². The van der Waals surface area contributed by atoms with Crippen molar-refractivity contribution in [1.29, 1.82) is 0 Å². The van der Waals surface area contributed by atoms with Gasteiger partial charge in [0.05, 0.1) is 6.33 Å². The Morgan fingerprint density at radius 1 is 1.29 bits per heavy atom. The van der Waals surface area contributed by atoms with E-state index >= 15 is 0 Å². The Hall–Kier alpha value is -0.830. The molecule has 2 unspecified atom stereocenters. The Bertz CT molecular complexity index is 297. The second-order valence-electron chi connectivity index (χ2n) is 5.52. The highest BCUT2D eigenvalue weighted by molar-refractivity contribution is 4.83. The number of aromatic nitrogens is 2. The molecule has 0 amide bonds. The lowest BCUT2D eigenvalue weighted by Crippen LogP contribution is -2.43. The van der Waals surface area contributed by atoms with Gasteiger partial charge in [0.15, 0.2) is 0 Å². The standard InChI is InChI=1S/C14H25N3/c1-12-5-3-6-13(2)14(12)16-7-4-9-17-10-8-15-11-17/h8,10-14,16H,3-7,9H2,1-2H3. The predicted octanol–water partition coefficient (Wildman–Crippen LogP) is 2.69. The van der Waals surface area contributed by atoms with E-state index in [1.165, 1.54) is 25.7 Å². The van der Waals surface area contributed by atoms with E-state index in [4.69, 9.17) is 0 Å². The molecule has 1 aromatic rings. The van der Waals surface area contributed by atoms with Gasteiger partial charge in [-0.05, 0) is 37.6 Å². The van der Waals surface area contributed by atoms with Gasteiger partial charge in [-0.1, -0.05) is 20.3 Å². The minimum absolute atomic E-state index is 0.728. The quantitative estimate of drug-likeness (QED) is 0.795. The highest BCUT2D eigenvalue weighted by Crippen LogP contribution is 2.28. The van der Waals surface area contributed by atoms with Crippen molar-refractivity contribution in [3.05, 3.63) is 18.7 Å². The fourth-order valence-electron chi connectivity index (χ4n) is 3.03. The van der Waals surface area contributed by atoms with Crippen LogP contribution in [0.5, 0.6) is 0 Å². The Morgan fingerprint density at radius 2 is 2.06 bits per heavy atom. The highest BCUT2D eigenvalue weighted by atomic mass is 15.0. The predicted molar refractivity (Wildman–Crippen MR) is 70.8 cm³/mol. The lowest BCUT2D eigenvalue weighted by atomic mass is 9.79. The summed E-state index contributed by atoms with van der Waals surface area (Å²) in [5.74, 6) is 1.68. The molecule has 1 N–H and O–H groups in total. The Labute approximate surface area is 105 Å². The molecule has 0 bridgehead atoms. The summed E-state index contributed by atoms with van der Waals surface area (Å²) in [4.78, 5) is 4.06. The van der Waals surface area contributed by atoms with Crippen molar-refractivity contribution in [2.45, 2.75) is 52.1 Å². The van der Waals surface area contributed by atoms with Gasteiger partial charge in [0.2, 0.25) is 0 Å². The van der Waals surface area contributed by atoms with Crippen LogP contribution in [0, 0.1) is 11.8 Å². The van der Waals surface area contributed by atoms with Crippen molar-refractivity contribution in [2.24, 2.45) is 11.8 Å². The van der Waals surface area contributed by atoms with E-state index in [-0.39, 0.29) is 0 Å². The maximum Gasteiger partial charge on any atom is 0.0945 e. The first-order valence-electron chi connectivity index (χ1n) is 6.96. The molecule has 0 aliphatic heterocycles. The normalized spacial score (nSPS) is 29.4. The summed E-state index contributed by atoms with van der Waals surface area (Å²) in [5, 5.41) is 3.75. The summed E-state index contributed by atoms with van der Waals surface area (Å²) in [6.45, 7) is 6.98. The van der Waals surface area contributed by atoms with Crippen LogP contribution in [0.15, 0.2) is 18.7 Å². The smallest absolute Gasteiger partial charge is 0.0945 e. The molecule has 0 saturated heterocycles. The maximum atomic E-state index is 4.06. The van der Waals surface area contributed by atoms with Gasteiger partial charge < -0.3 is 9.88 Å². The molecule has 2 atom stereocenters. The summed E-state index contributed by atoms with van der Waals surface area (Å²) < 4.78 is 2.15. The summed E-state index contributed by atoms with van der Waals surface area (Å²) in [5.41, 5.74) is 0. The van der Waals surface area contributed by atoms with Crippen molar-refractivity contribution in [3.8, 4) is 0 Å². The lowest BCUT2D eigenvalue weighted by Gasteiger charge is -2.35. The van der Waals surface area contributed by atoms with E-state index in [0.29, 0.717) is 0 Å². The number of hydrogen-bond donors (Lipinski definition) is 1. The maximum absolute atomic E-state index is 4.06. The molecule has 3 heteroatoms. The van der Waals surface area contributed by atoms with Crippen LogP contribution in [0.25, 0.3) is 0 Å². The van der Waals surface area contributed by atoms with E-state index in [1.54, 1.807) is 0 Å². The van der Waals surface area contributed by atoms with Gasteiger partial charge in [-0.2, -0.15) is 0 Å². The third-order valence-corrected chi connectivity index (χ3v) is 4.08. The first-order chi connectivity index (χ1) is 8.27. The van der Waals surface area contributed by atoms with Crippen LogP contribution >= 0.6 is 0 Å². The molecule has 17 heavy (non-hydrogen) atoms. The summed E-state index contributed by atoms with van der Waals surface area (Å²) in [6, 6.07) is 0.728. The number of imidazole rings is 1. The summed E-state index contributed by atoms with van der Waals surface area (Å²) in [7, 11) is 0. The van der Waals surface area contributed by atoms with Gasteiger partial charge in [-0.25, -0.2) is 4.98 Å². The molecule has 1 aliphatic rings. The van der Waals surface area contributed by atoms with Crippen LogP contribution in [0.4, 0.5) is 0 Å². The molecule has 0 spiro atoms. The third kappa shape index (κ3) is 3.56. The van der Waals surface area contributed by atoms with Gasteiger partial charge in [0.1, 0.15) is 0 Å². The monoisotopic (exact) mass is 235 g/mol. The molecule has 2 rings (SSSR count). The number of nitrogens with one attached hydrogen (secondary N) is 1. The molecule has 0 radical (unpaired) electrons. The molecule has 96 valence electrons. The second kappa shape index (κ2) is 6.20. The largest absolute Gasteiger partial charge is 0.337 e. The van der Waals surface area contributed by atoms with Gasteiger partial charge >= 0.3 is 0 Å². The molecule has 0 aromatic carbocycles. The molecule has 1 saturated carbocycles. The fourth-order valence-corrected chi connectivity index (χ4v) is 3.03. The number of hydrogen-bond acceptors (Lipinski definition) is 2. The van der Waals surface area contributed by atoms with Gasteiger partial charge in [-0.15, -0.1) is 0 Å². The molecular weight excluding hydrogens is 210 g/mol. The highest BCUT2D eigenvalue weighted by Gasteiger charge is 2.26. The number of nitrogens with zero attached hydrogens (tertiary/aromatic N) is 2. The van der Waals surface area contributed by atoms with Gasteiger partial charge in [0, 0.05) is 25.0 Å². The number of rotatable bonds is 5. The number of aryl methyl sites for hydroxylation is 1.